The summed E-state index contributed by atoms with van der Waals surface area (Å²) in [6.07, 6.45) is -1.20. The van der Waals surface area contributed by atoms with Gasteiger partial charge in [0.1, 0.15) is 11.9 Å². The highest BCUT2D eigenvalue weighted by molar-refractivity contribution is 5.90. The molecule has 2 unspecified atom stereocenters. The Morgan fingerprint density at radius 3 is 2.48 bits per heavy atom. The van der Waals surface area contributed by atoms with E-state index in [2.05, 4.69) is 5.32 Å². The van der Waals surface area contributed by atoms with Gasteiger partial charge in [-0.3, -0.25) is 9.59 Å². The second-order valence-electron chi connectivity index (χ2n) is 7.52. The Hall–Kier alpha value is -2.70. The summed E-state index contributed by atoms with van der Waals surface area (Å²) in [6, 6.07) is 6.16. The first-order valence-corrected chi connectivity index (χ1v) is 9.78. The van der Waals surface area contributed by atoms with Gasteiger partial charge in [0.05, 0.1) is 11.3 Å². The minimum atomic E-state index is -1.79. The lowest BCUT2D eigenvalue weighted by atomic mass is 9.95. The van der Waals surface area contributed by atoms with Crippen LogP contribution in [0.15, 0.2) is 18.2 Å². The van der Waals surface area contributed by atoms with Crippen molar-refractivity contribution in [1.82, 2.24) is 10.2 Å². The van der Waals surface area contributed by atoms with E-state index in [-0.39, 0.29) is 5.92 Å². The van der Waals surface area contributed by atoms with Gasteiger partial charge in [-0.25, -0.2) is 4.39 Å². The van der Waals surface area contributed by atoms with Gasteiger partial charge in [0.2, 0.25) is 0 Å². The highest BCUT2D eigenvalue weighted by Crippen LogP contribution is 2.26. The molecule has 0 spiro atoms. The van der Waals surface area contributed by atoms with Gasteiger partial charge in [0.15, 0.2) is 12.2 Å². The molecule has 8 nitrogen and oxygen atoms in total. The molecule has 2 saturated heterocycles. The summed E-state index contributed by atoms with van der Waals surface area (Å²) >= 11 is 0. The number of aliphatic hydroxyl groups is 2. The molecule has 156 valence electrons. The quantitative estimate of drug-likeness (QED) is 0.614. The van der Waals surface area contributed by atoms with E-state index in [0.29, 0.717) is 44.0 Å². The molecule has 0 aromatic heterocycles. The molecule has 2 aliphatic rings. The standard InChI is InChI=1S/C20H25FN4O4/c21-15-2-3-16(14(10-15)11-22)24-8-4-13(5-9-24)12-23-19(28)17(26)18(27)20(29)25-6-1-7-25/h2-3,10,13,17-18,26-27H,1,4-9,12H2,(H,23,28). The molecular formula is C20H25FN4O4. The van der Waals surface area contributed by atoms with Crippen LogP contribution in [0.25, 0.3) is 0 Å². The van der Waals surface area contributed by atoms with E-state index in [1.165, 1.54) is 17.0 Å². The Bertz CT molecular complexity index is 800. The maximum absolute atomic E-state index is 13.3. The largest absolute Gasteiger partial charge is 0.380 e. The molecule has 1 aromatic rings. The van der Waals surface area contributed by atoms with Gasteiger partial charge in [-0.2, -0.15) is 5.26 Å². The van der Waals surface area contributed by atoms with Crippen LogP contribution in [0.3, 0.4) is 0 Å². The van der Waals surface area contributed by atoms with Crippen molar-refractivity contribution in [2.45, 2.75) is 31.5 Å². The number of amides is 2. The highest BCUT2D eigenvalue weighted by Gasteiger charge is 2.35. The average Bonchev–Trinajstić information content (AvgIpc) is 2.69. The molecular weight excluding hydrogens is 379 g/mol. The van der Waals surface area contributed by atoms with Gasteiger partial charge in [-0.15, -0.1) is 0 Å². The lowest BCUT2D eigenvalue weighted by molar-refractivity contribution is -0.155. The maximum Gasteiger partial charge on any atom is 0.254 e. The molecule has 0 aliphatic carbocycles. The summed E-state index contributed by atoms with van der Waals surface area (Å²) in [5.74, 6) is -1.67. The molecule has 2 amide bonds. The fraction of sp³-hybridized carbons (Fsp3) is 0.550. The van der Waals surface area contributed by atoms with Crippen molar-refractivity contribution in [1.29, 1.82) is 5.26 Å². The van der Waals surface area contributed by atoms with Gasteiger partial charge >= 0.3 is 0 Å². The van der Waals surface area contributed by atoms with E-state index in [9.17, 15) is 29.5 Å². The van der Waals surface area contributed by atoms with E-state index < -0.39 is 29.8 Å². The normalized spacial score (nSPS) is 19.1. The third-order valence-electron chi connectivity index (χ3n) is 5.59. The minimum absolute atomic E-state index is 0.164. The van der Waals surface area contributed by atoms with E-state index in [1.807, 2.05) is 11.0 Å². The first kappa shape index (κ1) is 21.0. The summed E-state index contributed by atoms with van der Waals surface area (Å²) in [6.45, 7) is 2.69. The molecule has 3 N–H and O–H groups in total. The van der Waals surface area contributed by atoms with Crippen molar-refractivity contribution in [2.24, 2.45) is 5.92 Å². The summed E-state index contributed by atoms with van der Waals surface area (Å²) in [4.78, 5) is 27.4. The predicted octanol–water partition coefficient (Wildman–Crippen LogP) is -0.0159. The highest BCUT2D eigenvalue weighted by atomic mass is 19.1. The monoisotopic (exact) mass is 404 g/mol. The lowest BCUT2D eigenvalue weighted by Crippen LogP contribution is -2.54. The smallest absolute Gasteiger partial charge is 0.254 e. The van der Waals surface area contributed by atoms with Crippen LogP contribution in [-0.4, -0.2) is 71.9 Å². The maximum atomic E-state index is 13.3. The molecule has 9 heteroatoms. The molecule has 2 heterocycles. The number of hydrogen-bond donors (Lipinski definition) is 3. The SMILES string of the molecule is N#Cc1cc(F)ccc1N1CCC(CNC(=O)C(O)C(O)C(=O)N2CCC2)CC1. The molecule has 1 aromatic carbocycles. The summed E-state index contributed by atoms with van der Waals surface area (Å²) < 4.78 is 13.3. The van der Waals surface area contributed by atoms with Crippen LogP contribution in [0.2, 0.25) is 0 Å². The number of aliphatic hydroxyl groups excluding tert-OH is 2. The van der Waals surface area contributed by atoms with Crippen molar-refractivity contribution in [3.8, 4) is 6.07 Å². The Balaban J connectivity index is 1.45. The van der Waals surface area contributed by atoms with Crippen LogP contribution in [-0.2, 0) is 9.59 Å². The van der Waals surface area contributed by atoms with Crippen LogP contribution >= 0.6 is 0 Å². The predicted molar refractivity (Wildman–Crippen MR) is 102 cm³/mol. The van der Waals surface area contributed by atoms with Gasteiger partial charge in [0.25, 0.3) is 11.8 Å². The Morgan fingerprint density at radius 1 is 1.21 bits per heavy atom. The summed E-state index contributed by atoms with van der Waals surface area (Å²) in [7, 11) is 0. The number of halogens is 1. The van der Waals surface area contributed by atoms with Crippen molar-refractivity contribution in [2.75, 3.05) is 37.6 Å². The second-order valence-corrected chi connectivity index (χ2v) is 7.52. The number of likely N-dealkylation sites (tertiary alicyclic amines) is 1. The van der Waals surface area contributed by atoms with Crippen LogP contribution in [0, 0.1) is 23.1 Å². The number of piperidine rings is 1. The molecule has 2 fully saturated rings. The number of carbonyl (C=O) groups is 2. The summed E-state index contributed by atoms with van der Waals surface area (Å²) in [5.41, 5.74) is 0.986. The molecule has 0 radical (unpaired) electrons. The van der Waals surface area contributed by atoms with Crippen LogP contribution < -0.4 is 10.2 Å². The van der Waals surface area contributed by atoms with E-state index >= 15 is 0 Å². The number of benzene rings is 1. The first-order chi connectivity index (χ1) is 13.9. The van der Waals surface area contributed by atoms with Gasteiger partial charge in [-0.1, -0.05) is 0 Å². The second kappa shape index (κ2) is 9.20. The lowest BCUT2D eigenvalue weighted by Gasteiger charge is -2.35. The fourth-order valence-corrected chi connectivity index (χ4v) is 3.60. The zero-order valence-corrected chi connectivity index (χ0v) is 16.1. The fourth-order valence-electron chi connectivity index (χ4n) is 3.60. The number of rotatable bonds is 6. The molecule has 0 saturated carbocycles. The number of hydrogen-bond acceptors (Lipinski definition) is 6. The molecule has 0 bridgehead atoms. The third kappa shape index (κ3) is 4.83. The zero-order valence-electron chi connectivity index (χ0n) is 16.1. The Morgan fingerprint density at radius 2 is 1.90 bits per heavy atom. The zero-order chi connectivity index (χ0) is 21.0. The van der Waals surface area contributed by atoms with Crippen LogP contribution in [0.4, 0.5) is 10.1 Å². The Labute approximate surface area is 168 Å². The Kier molecular flexibility index (Phi) is 6.67. The number of nitrogens with zero attached hydrogens (tertiary/aromatic N) is 3. The van der Waals surface area contributed by atoms with E-state index in [1.54, 1.807) is 6.07 Å². The molecule has 29 heavy (non-hydrogen) atoms. The number of carbonyl (C=O) groups excluding carboxylic acids is 2. The van der Waals surface area contributed by atoms with Crippen molar-refractivity contribution in [3.63, 3.8) is 0 Å². The van der Waals surface area contributed by atoms with Crippen LogP contribution in [0.5, 0.6) is 0 Å². The first-order valence-electron chi connectivity index (χ1n) is 9.78. The van der Waals surface area contributed by atoms with Crippen LogP contribution in [0.1, 0.15) is 24.8 Å². The van der Waals surface area contributed by atoms with Crippen molar-refractivity contribution >= 4 is 17.5 Å². The summed E-state index contributed by atoms with van der Waals surface area (Å²) in [5, 5.41) is 31.6. The van der Waals surface area contributed by atoms with Crippen molar-refractivity contribution in [3.05, 3.63) is 29.6 Å². The van der Waals surface area contributed by atoms with Gasteiger partial charge < -0.3 is 25.3 Å². The molecule has 2 aliphatic heterocycles. The van der Waals surface area contributed by atoms with Crippen molar-refractivity contribution < 1.29 is 24.2 Å². The van der Waals surface area contributed by atoms with E-state index in [0.717, 1.165) is 19.3 Å². The minimum Gasteiger partial charge on any atom is -0.380 e. The number of anilines is 1. The van der Waals surface area contributed by atoms with Gasteiger partial charge in [-0.05, 0) is 43.4 Å². The number of nitriles is 1. The topological polar surface area (TPSA) is 117 Å². The molecule has 3 rings (SSSR count). The van der Waals surface area contributed by atoms with E-state index in [4.69, 9.17) is 0 Å². The number of nitrogens with one attached hydrogen (secondary N) is 1. The van der Waals surface area contributed by atoms with Gasteiger partial charge in [0, 0.05) is 32.7 Å². The third-order valence-corrected chi connectivity index (χ3v) is 5.59. The average molecular weight is 404 g/mol. The molecule has 2 atom stereocenters.